The normalized spacial score (nSPS) is 12.6. The smallest absolute Gasteiger partial charge is 0.0936 e. The molecule has 0 bridgehead atoms. The lowest BCUT2D eigenvalue weighted by atomic mass is 10.2. The van der Waals surface area contributed by atoms with Crippen LogP contribution in [0.2, 0.25) is 0 Å². The van der Waals surface area contributed by atoms with E-state index in [1.807, 2.05) is 12.1 Å². The standard InChI is InChI=1S/C14H22BrNO2/c1-3-8-16-9-14(11-17-2)18-10-12-4-6-13(15)7-5-12/h4-7,14,16H,3,8-11H2,1-2H3. The highest BCUT2D eigenvalue weighted by molar-refractivity contribution is 9.10. The van der Waals surface area contributed by atoms with Gasteiger partial charge in [-0.3, -0.25) is 0 Å². The van der Waals surface area contributed by atoms with Gasteiger partial charge in [-0.05, 0) is 30.7 Å². The Bertz CT molecular complexity index is 316. The van der Waals surface area contributed by atoms with Gasteiger partial charge in [0.2, 0.25) is 0 Å². The van der Waals surface area contributed by atoms with Crippen LogP contribution in [-0.4, -0.2) is 32.9 Å². The second kappa shape index (κ2) is 9.50. The van der Waals surface area contributed by atoms with Crippen LogP contribution >= 0.6 is 15.9 Å². The Kier molecular flexibility index (Phi) is 8.25. The van der Waals surface area contributed by atoms with Crippen molar-refractivity contribution in [3.05, 3.63) is 34.3 Å². The Balaban J connectivity index is 2.33. The first kappa shape index (κ1) is 15.6. The SMILES string of the molecule is CCCNCC(COC)OCc1ccc(Br)cc1. The average Bonchev–Trinajstić information content (AvgIpc) is 2.38. The number of methoxy groups -OCH3 is 1. The molecule has 0 spiro atoms. The van der Waals surface area contributed by atoms with Crippen molar-refractivity contribution in [3.8, 4) is 0 Å². The van der Waals surface area contributed by atoms with E-state index in [1.165, 1.54) is 5.56 Å². The quantitative estimate of drug-likeness (QED) is 0.711. The summed E-state index contributed by atoms with van der Waals surface area (Å²) >= 11 is 3.42. The van der Waals surface area contributed by atoms with Gasteiger partial charge in [-0.1, -0.05) is 35.0 Å². The van der Waals surface area contributed by atoms with Crippen molar-refractivity contribution in [2.45, 2.75) is 26.1 Å². The summed E-state index contributed by atoms with van der Waals surface area (Å²) in [5, 5.41) is 3.35. The molecule has 0 aliphatic rings. The maximum Gasteiger partial charge on any atom is 0.0936 e. The van der Waals surface area contributed by atoms with Gasteiger partial charge in [0.25, 0.3) is 0 Å². The van der Waals surface area contributed by atoms with E-state index in [1.54, 1.807) is 7.11 Å². The summed E-state index contributed by atoms with van der Waals surface area (Å²) in [5.41, 5.74) is 1.18. The van der Waals surface area contributed by atoms with Gasteiger partial charge in [-0.15, -0.1) is 0 Å². The highest BCUT2D eigenvalue weighted by Gasteiger charge is 2.08. The number of hydrogen-bond acceptors (Lipinski definition) is 3. The van der Waals surface area contributed by atoms with Crippen LogP contribution in [0.15, 0.2) is 28.7 Å². The van der Waals surface area contributed by atoms with Gasteiger partial charge in [0.05, 0.1) is 19.3 Å². The van der Waals surface area contributed by atoms with Crippen LogP contribution in [0.3, 0.4) is 0 Å². The molecule has 0 saturated heterocycles. The lowest BCUT2D eigenvalue weighted by Gasteiger charge is -2.17. The molecule has 4 heteroatoms. The number of nitrogens with one attached hydrogen (secondary N) is 1. The molecule has 1 aromatic carbocycles. The summed E-state index contributed by atoms with van der Waals surface area (Å²) in [6, 6.07) is 8.18. The van der Waals surface area contributed by atoms with Crippen molar-refractivity contribution in [3.63, 3.8) is 0 Å². The van der Waals surface area contributed by atoms with Crippen molar-refractivity contribution < 1.29 is 9.47 Å². The molecule has 1 unspecified atom stereocenters. The van der Waals surface area contributed by atoms with Crippen molar-refractivity contribution in [1.29, 1.82) is 0 Å². The van der Waals surface area contributed by atoms with Gasteiger partial charge in [0.1, 0.15) is 0 Å². The third-order valence-corrected chi connectivity index (χ3v) is 3.08. The van der Waals surface area contributed by atoms with Gasteiger partial charge in [-0.2, -0.15) is 0 Å². The Labute approximate surface area is 118 Å². The summed E-state index contributed by atoms with van der Waals surface area (Å²) in [6.45, 7) is 5.24. The summed E-state index contributed by atoms with van der Waals surface area (Å²) in [4.78, 5) is 0. The molecule has 0 aliphatic carbocycles. The zero-order chi connectivity index (χ0) is 13.2. The monoisotopic (exact) mass is 315 g/mol. The van der Waals surface area contributed by atoms with Crippen LogP contribution in [0.4, 0.5) is 0 Å². The molecule has 18 heavy (non-hydrogen) atoms. The zero-order valence-corrected chi connectivity index (χ0v) is 12.7. The second-order valence-corrected chi connectivity index (χ2v) is 5.13. The van der Waals surface area contributed by atoms with Crippen LogP contribution in [0, 0.1) is 0 Å². The van der Waals surface area contributed by atoms with E-state index >= 15 is 0 Å². The van der Waals surface area contributed by atoms with Crippen molar-refractivity contribution >= 4 is 15.9 Å². The largest absolute Gasteiger partial charge is 0.382 e. The molecular weight excluding hydrogens is 294 g/mol. The molecular formula is C14H22BrNO2. The number of halogens is 1. The minimum Gasteiger partial charge on any atom is -0.382 e. The third kappa shape index (κ3) is 6.50. The van der Waals surface area contributed by atoms with Gasteiger partial charge < -0.3 is 14.8 Å². The first-order valence-corrected chi connectivity index (χ1v) is 7.11. The van der Waals surface area contributed by atoms with Crippen molar-refractivity contribution in [1.82, 2.24) is 5.32 Å². The van der Waals surface area contributed by atoms with Gasteiger partial charge in [-0.25, -0.2) is 0 Å². The van der Waals surface area contributed by atoms with Gasteiger partial charge in [0.15, 0.2) is 0 Å². The van der Waals surface area contributed by atoms with Crippen LogP contribution in [-0.2, 0) is 16.1 Å². The van der Waals surface area contributed by atoms with E-state index < -0.39 is 0 Å². The van der Waals surface area contributed by atoms with E-state index in [2.05, 4.69) is 40.3 Å². The Morgan fingerprint density at radius 2 is 2.00 bits per heavy atom. The van der Waals surface area contributed by atoms with Crippen LogP contribution in [0.25, 0.3) is 0 Å². The lowest BCUT2D eigenvalue weighted by molar-refractivity contribution is -0.0100. The van der Waals surface area contributed by atoms with Crippen LogP contribution in [0.1, 0.15) is 18.9 Å². The molecule has 1 atom stereocenters. The minimum atomic E-state index is 0.102. The van der Waals surface area contributed by atoms with Crippen LogP contribution < -0.4 is 5.32 Å². The molecule has 0 heterocycles. The van der Waals surface area contributed by atoms with Crippen molar-refractivity contribution in [2.24, 2.45) is 0 Å². The Morgan fingerprint density at radius 3 is 2.61 bits per heavy atom. The number of rotatable bonds is 9. The van der Waals surface area contributed by atoms with E-state index in [-0.39, 0.29) is 6.10 Å². The molecule has 0 fully saturated rings. The predicted molar refractivity (Wildman–Crippen MR) is 77.8 cm³/mol. The first-order chi connectivity index (χ1) is 8.76. The maximum atomic E-state index is 5.85. The fourth-order valence-corrected chi connectivity index (χ4v) is 1.85. The fraction of sp³-hybridized carbons (Fsp3) is 0.571. The first-order valence-electron chi connectivity index (χ1n) is 6.32. The van der Waals surface area contributed by atoms with E-state index in [0.717, 1.165) is 24.0 Å². The molecule has 0 saturated carbocycles. The minimum absolute atomic E-state index is 0.102. The van der Waals surface area contributed by atoms with E-state index in [9.17, 15) is 0 Å². The predicted octanol–water partition coefficient (Wildman–Crippen LogP) is 2.98. The van der Waals surface area contributed by atoms with E-state index in [4.69, 9.17) is 9.47 Å². The van der Waals surface area contributed by atoms with E-state index in [0.29, 0.717) is 13.2 Å². The molecule has 102 valence electrons. The molecule has 1 rings (SSSR count). The van der Waals surface area contributed by atoms with Gasteiger partial charge >= 0.3 is 0 Å². The fourth-order valence-electron chi connectivity index (χ4n) is 1.59. The van der Waals surface area contributed by atoms with Crippen molar-refractivity contribution in [2.75, 3.05) is 26.8 Å². The summed E-state index contributed by atoms with van der Waals surface area (Å²) < 4.78 is 12.1. The maximum absolute atomic E-state index is 5.85. The third-order valence-electron chi connectivity index (χ3n) is 2.55. The Hall–Kier alpha value is -0.420. The molecule has 0 amide bonds. The second-order valence-electron chi connectivity index (χ2n) is 4.22. The van der Waals surface area contributed by atoms with Gasteiger partial charge in [0, 0.05) is 18.1 Å². The molecule has 0 aliphatic heterocycles. The highest BCUT2D eigenvalue weighted by atomic mass is 79.9. The van der Waals surface area contributed by atoms with Crippen LogP contribution in [0.5, 0.6) is 0 Å². The highest BCUT2D eigenvalue weighted by Crippen LogP contribution is 2.11. The molecule has 1 aromatic rings. The summed E-state index contributed by atoms with van der Waals surface area (Å²) in [7, 11) is 1.70. The number of ether oxygens (including phenoxy) is 2. The molecule has 1 N–H and O–H groups in total. The topological polar surface area (TPSA) is 30.5 Å². The summed E-state index contributed by atoms with van der Waals surface area (Å²) in [5.74, 6) is 0. The molecule has 0 radical (unpaired) electrons. The summed E-state index contributed by atoms with van der Waals surface area (Å²) in [6.07, 6.45) is 1.23. The number of hydrogen-bond donors (Lipinski definition) is 1. The Morgan fingerprint density at radius 1 is 1.28 bits per heavy atom. The zero-order valence-electron chi connectivity index (χ0n) is 11.1. The molecule has 3 nitrogen and oxygen atoms in total. The molecule has 0 aromatic heterocycles. The average molecular weight is 316 g/mol. The lowest BCUT2D eigenvalue weighted by Crippen LogP contribution is -2.33. The number of benzene rings is 1.